The number of benzene rings is 1. The molecule has 0 aromatic heterocycles. The first-order chi connectivity index (χ1) is 8.88. The quantitative estimate of drug-likeness (QED) is 0.833. The highest BCUT2D eigenvalue weighted by atomic mass is 32.2. The Bertz CT molecular complexity index is 398. The molecule has 0 radical (unpaired) electrons. The Morgan fingerprint density at radius 3 is 2.05 bits per heavy atom. The van der Waals surface area contributed by atoms with Gasteiger partial charge in [-0.05, 0) is 29.4 Å². The van der Waals surface area contributed by atoms with Crippen LogP contribution in [0.5, 0.6) is 0 Å². The van der Waals surface area contributed by atoms with E-state index in [-0.39, 0.29) is 6.04 Å². The van der Waals surface area contributed by atoms with Gasteiger partial charge in [-0.1, -0.05) is 52.0 Å². The van der Waals surface area contributed by atoms with E-state index < -0.39 is 10.8 Å². The van der Waals surface area contributed by atoms with Crippen molar-refractivity contribution in [2.24, 2.45) is 17.6 Å². The molecule has 0 saturated carbocycles. The first kappa shape index (κ1) is 16.4. The summed E-state index contributed by atoms with van der Waals surface area (Å²) in [4.78, 5) is 0. The van der Waals surface area contributed by atoms with Gasteiger partial charge in [0.15, 0.2) is 0 Å². The molecule has 0 heterocycles. The molecule has 2 atom stereocenters. The average molecular weight is 281 g/mol. The van der Waals surface area contributed by atoms with Gasteiger partial charge in [-0.15, -0.1) is 0 Å². The minimum Gasteiger partial charge on any atom is -0.323 e. The molecule has 108 valence electrons. The highest BCUT2D eigenvalue weighted by molar-refractivity contribution is 7.85. The van der Waals surface area contributed by atoms with Crippen LogP contribution < -0.4 is 5.73 Å². The van der Waals surface area contributed by atoms with Gasteiger partial charge in [0.1, 0.15) is 0 Å². The van der Waals surface area contributed by atoms with Crippen LogP contribution in [0, 0.1) is 11.8 Å². The summed E-state index contributed by atoms with van der Waals surface area (Å²) in [5, 5.41) is 0. The lowest BCUT2D eigenvalue weighted by atomic mass is 10.0. The number of hydrogen-bond acceptors (Lipinski definition) is 2. The molecule has 1 rings (SSSR count). The fourth-order valence-corrected chi connectivity index (χ4v) is 3.58. The Kier molecular flexibility index (Phi) is 6.73. The van der Waals surface area contributed by atoms with Crippen molar-refractivity contribution in [3.05, 3.63) is 35.4 Å². The summed E-state index contributed by atoms with van der Waals surface area (Å²) in [5.74, 6) is 2.42. The minimum absolute atomic E-state index is 0.118. The molecule has 0 spiro atoms. The van der Waals surface area contributed by atoms with E-state index in [1.54, 1.807) is 0 Å². The van der Waals surface area contributed by atoms with Gasteiger partial charge in [-0.25, -0.2) is 0 Å². The molecule has 3 heteroatoms. The fraction of sp³-hybridized carbons (Fsp3) is 0.625. The normalized spacial score (nSPS) is 14.9. The first-order valence-corrected chi connectivity index (χ1v) is 8.56. The summed E-state index contributed by atoms with van der Waals surface area (Å²) in [5.41, 5.74) is 8.56. The summed E-state index contributed by atoms with van der Waals surface area (Å²) < 4.78 is 11.9. The summed E-state index contributed by atoms with van der Waals surface area (Å²) in [6.07, 6.45) is 1.09. The molecule has 0 saturated heterocycles. The molecular formula is C16H27NOS. The van der Waals surface area contributed by atoms with E-state index in [0.717, 1.165) is 17.7 Å². The zero-order valence-corrected chi connectivity index (χ0v) is 13.4. The van der Waals surface area contributed by atoms with Crippen molar-refractivity contribution in [1.82, 2.24) is 0 Å². The molecule has 2 nitrogen and oxygen atoms in total. The zero-order chi connectivity index (χ0) is 14.4. The van der Waals surface area contributed by atoms with E-state index in [2.05, 4.69) is 52.0 Å². The zero-order valence-electron chi connectivity index (χ0n) is 12.6. The van der Waals surface area contributed by atoms with Crippen LogP contribution in [-0.4, -0.2) is 15.7 Å². The van der Waals surface area contributed by atoms with Gasteiger partial charge in [0, 0.05) is 28.3 Å². The largest absolute Gasteiger partial charge is 0.323 e. The smallest absolute Gasteiger partial charge is 0.0428 e. The van der Waals surface area contributed by atoms with Crippen molar-refractivity contribution in [2.75, 3.05) is 11.5 Å². The Morgan fingerprint density at radius 1 is 1.00 bits per heavy atom. The first-order valence-electron chi connectivity index (χ1n) is 7.08. The topological polar surface area (TPSA) is 43.1 Å². The SMILES string of the molecule is CC(C)Cc1ccc(C(N)CS(=O)CC(C)C)cc1. The Morgan fingerprint density at radius 2 is 1.58 bits per heavy atom. The molecule has 0 bridgehead atoms. The lowest BCUT2D eigenvalue weighted by Crippen LogP contribution is -2.21. The molecule has 2 N–H and O–H groups in total. The van der Waals surface area contributed by atoms with Crippen molar-refractivity contribution < 1.29 is 4.21 Å². The van der Waals surface area contributed by atoms with Crippen LogP contribution in [0.4, 0.5) is 0 Å². The third-order valence-corrected chi connectivity index (χ3v) is 4.71. The monoisotopic (exact) mass is 281 g/mol. The van der Waals surface area contributed by atoms with Crippen molar-refractivity contribution in [3.63, 3.8) is 0 Å². The predicted octanol–water partition coefficient (Wildman–Crippen LogP) is 3.29. The maximum Gasteiger partial charge on any atom is 0.0428 e. The van der Waals surface area contributed by atoms with Gasteiger partial charge in [0.05, 0.1) is 0 Å². The third-order valence-electron chi connectivity index (χ3n) is 2.94. The van der Waals surface area contributed by atoms with Crippen LogP contribution in [0.25, 0.3) is 0 Å². The Balaban J connectivity index is 2.57. The second-order valence-electron chi connectivity index (χ2n) is 6.11. The fourth-order valence-electron chi connectivity index (χ4n) is 2.11. The van der Waals surface area contributed by atoms with Crippen molar-refractivity contribution in [3.8, 4) is 0 Å². The molecule has 1 aromatic carbocycles. The summed E-state index contributed by atoms with van der Waals surface area (Å²) in [7, 11) is -0.820. The molecule has 0 aliphatic heterocycles. The molecule has 1 aromatic rings. The van der Waals surface area contributed by atoms with Gasteiger partial charge in [0.2, 0.25) is 0 Å². The molecular weight excluding hydrogens is 254 g/mol. The molecule has 19 heavy (non-hydrogen) atoms. The third kappa shape index (κ3) is 6.35. The number of nitrogens with two attached hydrogens (primary N) is 1. The molecule has 2 unspecified atom stereocenters. The highest BCUT2D eigenvalue weighted by Gasteiger charge is 2.11. The van der Waals surface area contributed by atoms with E-state index >= 15 is 0 Å². The standard InChI is InChI=1S/C16H27NOS/c1-12(2)9-14-5-7-15(8-6-14)16(17)11-19(18)10-13(3)4/h5-8,12-13,16H,9-11,17H2,1-4H3. The Hall–Kier alpha value is -0.670. The number of rotatable bonds is 7. The van der Waals surface area contributed by atoms with E-state index in [4.69, 9.17) is 5.73 Å². The van der Waals surface area contributed by atoms with E-state index in [0.29, 0.717) is 17.6 Å². The van der Waals surface area contributed by atoms with Crippen LogP contribution in [-0.2, 0) is 17.2 Å². The molecule has 0 aliphatic rings. The molecule has 0 amide bonds. The van der Waals surface area contributed by atoms with Gasteiger partial charge in [-0.2, -0.15) is 0 Å². The lowest BCUT2D eigenvalue weighted by Gasteiger charge is -2.14. The average Bonchev–Trinajstić information content (AvgIpc) is 2.27. The Labute approximate surface area is 120 Å². The van der Waals surface area contributed by atoms with E-state index in [1.165, 1.54) is 5.56 Å². The highest BCUT2D eigenvalue weighted by Crippen LogP contribution is 2.15. The summed E-state index contributed by atoms with van der Waals surface area (Å²) >= 11 is 0. The van der Waals surface area contributed by atoms with E-state index in [1.807, 2.05) is 0 Å². The maximum atomic E-state index is 11.9. The van der Waals surface area contributed by atoms with Crippen LogP contribution in [0.15, 0.2) is 24.3 Å². The van der Waals surface area contributed by atoms with Gasteiger partial charge in [0.25, 0.3) is 0 Å². The van der Waals surface area contributed by atoms with Crippen LogP contribution in [0.2, 0.25) is 0 Å². The maximum absolute atomic E-state index is 11.9. The minimum atomic E-state index is -0.820. The van der Waals surface area contributed by atoms with Gasteiger partial charge >= 0.3 is 0 Å². The van der Waals surface area contributed by atoms with Gasteiger partial charge in [-0.3, -0.25) is 4.21 Å². The lowest BCUT2D eigenvalue weighted by molar-refractivity contribution is 0.646. The molecule has 0 aliphatic carbocycles. The van der Waals surface area contributed by atoms with Crippen LogP contribution >= 0.6 is 0 Å². The van der Waals surface area contributed by atoms with E-state index in [9.17, 15) is 4.21 Å². The van der Waals surface area contributed by atoms with Gasteiger partial charge < -0.3 is 5.73 Å². The predicted molar refractivity (Wildman–Crippen MR) is 84.6 cm³/mol. The van der Waals surface area contributed by atoms with Crippen molar-refractivity contribution in [1.29, 1.82) is 0 Å². The van der Waals surface area contributed by atoms with Crippen molar-refractivity contribution >= 4 is 10.8 Å². The van der Waals surface area contributed by atoms with Crippen LogP contribution in [0.1, 0.15) is 44.9 Å². The second-order valence-corrected chi connectivity index (χ2v) is 7.66. The van der Waals surface area contributed by atoms with Crippen LogP contribution in [0.3, 0.4) is 0 Å². The van der Waals surface area contributed by atoms with Crippen molar-refractivity contribution in [2.45, 2.75) is 40.2 Å². The summed E-state index contributed by atoms with van der Waals surface area (Å²) in [6, 6.07) is 8.32. The molecule has 0 fully saturated rings. The summed E-state index contributed by atoms with van der Waals surface area (Å²) in [6.45, 7) is 8.61. The number of hydrogen-bond donors (Lipinski definition) is 1. The second kappa shape index (κ2) is 7.81.